The van der Waals surface area contributed by atoms with Crippen molar-refractivity contribution >= 4 is 26.5 Å². The number of thiazole rings is 1. The molecule has 7 heteroatoms. The molecule has 0 aliphatic carbocycles. The first kappa shape index (κ1) is 13.4. The van der Waals surface area contributed by atoms with E-state index in [0.29, 0.717) is 10.8 Å². The van der Waals surface area contributed by atoms with Crippen LogP contribution in [0, 0.1) is 5.92 Å². The molecule has 0 aliphatic heterocycles. The van der Waals surface area contributed by atoms with Crippen molar-refractivity contribution in [1.29, 1.82) is 0 Å². The fourth-order valence-corrected chi connectivity index (χ4v) is 3.62. The lowest BCUT2D eigenvalue weighted by Gasteiger charge is -2.06. The first-order valence-electron chi connectivity index (χ1n) is 4.94. The number of anilines is 1. The van der Waals surface area contributed by atoms with Crippen molar-refractivity contribution in [2.24, 2.45) is 5.92 Å². The third kappa shape index (κ3) is 4.07. The van der Waals surface area contributed by atoms with Crippen LogP contribution in [0.3, 0.4) is 0 Å². The standard InChI is InChI=1S/C9H16N2O3S2/c1-6(2)5-16(13,14)11-9-10-8(4-15-9)7(3)12/h4,6-7,12H,5H2,1-3H3,(H,10,11). The molecular formula is C9H16N2O3S2. The first-order valence-corrected chi connectivity index (χ1v) is 7.47. The van der Waals surface area contributed by atoms with Crippen LogP contribution in [0.15, 0.2) is 5.38 Å². The lowest BCUT2D eigenvalue weighted by molar-refractivity contribution is 0.195. The summed E-state index contributed by atoms with van der Waals surface area (Å²) in [5.41, 5.74) is 0.479. The van der Waals surface area contributed by atoms with E-state index in [2.05, 4.69) is 9.71 Å². The van der Waals surface area contributed by atoms with Gasteiger partial charge in [0, 0.05) is 5.38 Å². The van der Waals surface area contributed by atoms with E-state index >= 15 is 0 Å². The van der Waals surface area contributed by atoms with E-state index in [1.165, 1.54) is 11.3 Å². The largest absolute Gasteiger partial charge is 0.387 e. The van der Waals surface area contributed by atoms with Gasteiger partial charge in [-0.2, -0.15) is 0 Å². The Labute approximate surface area is 99.6 Å². The average molecular weight is 264 g/mol. The highest BCUT2D eigenvalue weighted by Crippen LogP contribution is 2.21. The average Bonchev–Trinajstić information content (AvgIpc) is 2.48. The molecule has 16 heavy (non-hydrogen) atoms. The molecule has 0 amide bonds. The summed E-state index contributed by atoms with van der Waals surface area (Å²) in [4.78, 5) is 3.98. The Balaban J connectivity index is 2.73. The van der Waals surface area contributed by atoms with Gasteiger partial charge in [0.1, 0.15) is 0 Å². The van der Waals surface area contributed by atoms with E-state index in [-0.39, 0.29) is 11.7 Å². The molecule has 0 fully saturated rings. The SMILES string of the molecule is CC(C)CS(=O)(=O)Nc1nc(C(C)O)cs1. The van der Waals surface area contributed by atoms with Crippen molar-refractivity contribution in [3.63, 3.8) is 0 Å². The Morgan fingerprint density at radius 2 is 2.12 bits per heavy atom. The quantitative estimate of drug-likeness (QED) is 0.846. The second kappa shape index (κ2) is 5.11. The van der Waals surface area contributed by atoms with Crippen LogP contribution < -0.4 is 4.72 Å². The molecule has 0 bridgehead atoms. The zero-order chi connectivity index (χ0) is 12.3. The van der Waals surface area contributed by atoms with Crippen molar-refractivity contribution in [1.82, 2.24) is 4.98 Å². The van der Waals surface area contributed by atoms with Crippen LogP contribution >= 0.6 is 11.3 Å². The molecule has 0 radical (unpaired) electrons. The van der Waals surface area contributed by atoms with Crippen molar-refractivity contribution < 1.29 is 13.5 Å². The van der Waals surface area contributed by atoms with E-state index in [4.69, 9.17) is 0 Å². The summed E-state index contributed by atoms with van der Waals surface area (Å²) >= 11 is 1.17. The summed E-state index contributed by atoms with van der Waals surface area (Å²) in [6.45, 7) is 5.26. The molecule has 0 aliphatic rings. The highest BCUT2D eigenvalue weighted by Gasteiger charge is 2.15. The van der Waals surface area contributed by atoms with Gasteiger partial charge in [0.05, 0.1) is 17.6 Å². The minimum Gasteiger partial charge on any atom is -0.387 e. The summed E-state index contributed by atoms with van der Waals surface area (Å²) in [6, 6.07) is 0. The normalized spacial score (nSPS) is 14.1. The van der Waals surface area contributed by atoms with Crippen LogP contribution in [0.2, 0.25) is 0 Å². The Kier molecular flexibility index (Phi) is 4.28. The van der Waals surface area contributed by atoms with E-state index in [9.17, 15) is 13.5 Å². The van der Waals surface area contributed by atoms with Gasteiger partial charge in [0.25, 0.3) is 0 Å². The van der Waals surface area contributed by atoms with Crippen LogP contribution in [-0.4, -0.2) is 24.3 Å². The second-order valence-electron chi connectivity index (χ2n) is 4.03. The van der Waals surface area contributed by atoms with Crippen molar-refractivity contribution in [3.05, 3.63) is 11.1 Å². The number of hydrogen-bond acceptors (Lipinski definition) is 5. The fourth-order valence-electron chi connectivity index (χ4n) is 1.14. The number of aliphatic hydroxyl groups is 1. The Morgan fingerprint density at radius 3 is 2.56 bits per heavy atom. The predicted molar refractivity (Wildman–Crippen MR) is 65.0 cm³/mol. The first-order chi connectivity index (χ1) is 7.30. The van der Waals surface area contributed by atoms with Crippen LogP contribution in [0.4, 0.5) is 5.13 Å². The maximum atomic E-state index is 11.6. The molecule has 0 spiro atoms. The number of sulfonamides is 1. The van der Waals surface area contributed by atoms with E-state index in [1.807, 2.05) is 13.8 Å². The molecule has 1 rings (SSSR count). The molecule has 2 N–H and O–H groups in total. The number of aromatic nitrogens is 1. The van der Waals surface area contributed by atoms with Gasteiger partial charge in [-0.25, -0.2) is 13.4 Å². The third-order valence-electron chi connectivity index (χ3n) is 1.75. The molecule has 1 atom stereocenters. The molecule has 92 valence electrons. The van der Waals surface area contributed by atoms with Gasteiger partial charge in [-0.3, -0.25) is 4.72 Å². The molecule has 0 saturated carbocycles. The number of hydrogen-bond donors (Lipinski definition) is 2. The topological polar surface area (TPSA) is 79.3 Å². The highest BCUT2D eigenvalue weighted by atomic mass is 32.2. The molecule has 0 saturated heterocycles. The van der Waals surface area contributed by atoms with Crippen LogP contribution in [0.25, 0.3) is 0 Å². The van der Waals surface area contributed by atoms with Gasteiger partial charge in [-0.1, -0.05) is 13.8 Å². The lowest BCUT2D eigenvalue weighted by atomic mass is 10.3. The van der Waals surface area contributed by atoms with E-state index in [1.54, 1.807) is 12.3 Å². The monoisotopic (exact) mass is 264 g/mol. The molecule has 5 nitrogen and oxygen atoms in total. The molecule has 0 aromatic carbocycles. The zero-order valence-electron chi connectivity index (χ0n) is 9.47. The summed E-state index contributed by atoms with van der Waals surface area (Å²) in [6.07, 6.45) is -0.681. The molecular weight excluding hydrogens is 248 g/mol. The van der Waals surface area contributed by atoms with Gasteiger partial charge in [0.15, 0.2) is 5.13 Å². The summed E-state index contributed by atoms with van der Waals surface area (Å²) in [5.74, 6) is 0.130. The summed E-state index contributed by atoms with van der Waals surface area (Å²) < 4.78 is 25.6. The van der Waals surface area contributed by atoms with Gasteiger partial charge in [-0.15, -0.1) is 11.3 Å². The van der Waals surface area contributed by atoms with E-state index in [0.717, 1.165) is 0 Å². The van der Waals surface area contributed by atoms with Gasteiger partial charge >= 0.3 is 0 Å². The smallest absolute Gasteiger partial charge is 0.234 e. The maximum absolute atomic E-state index is 11.6. The van der Waals surface area contributed by atoms with E-state index < -0.39 is 16.1 Å². The number of nitrogens with one attached hydrogen (secondary N) is 1. The summed E-state index contributed by atoms with van der Waals surface area (Å²) in [5, 5.41) is 11.2. The molecule has 1 heterocycles. The number of aliphatic hydroxyl groups excluding tert-OH is 1. The lowest BCUT2D eigenvalue weighted by Crippen LogP contribution is -2.19. The second-order valence-corrected chi connectivity index (χ2v) is 6.66. The van der Waals surface area contributed by atoms with Gasteiger partial charge in [-0.05, 0) is 12.8 Å². The number of nitrogens with zero attached hydrogens (tertiary/aromatic N) is 1. The zero-order valence-corrected chi connectivity index (χ0v) is 11.1. The van der Waals surface area contributed by atoms with Crippen molar-refractivity contribution in [2.75, 3.05) is 10.5 Å². The molecule has 1 unspecified atom stereocenters. The number of rotatable bonds is 5. The van der Waals surface area contributed by atoms with Gasteiger partial charge < -0.3 is 5.11 Å². The minimum atomic E-state index is -3.33. The van der Waals surface area contributed by atoms with Crippen LogP contribution in [0.1, 0.15) is 32.6 Å². The van der Waals surface area contributed by atoms with Crippen LogP contribution in [-0.2, 0) is 10.0 Å². The molecule has 1 aromatic heterocycles. The fraction of sp³-hybridized carbons (Fsp3) is 0.667. The molecule has 1 aromatic rings. The Bertz CT molecular complexity index is 437. The maximum Gasteiger partial charge on any atom is 0.234 e. The highest BCUT2D eigenvalue weighted by molar-refractivity contribution is 7.92. The van der Waals surface area contributed by atoms with Crippen molar-refractivity contribution in [3.8, 4) is 0 Å². The van der Waals surface area contributed by atoms with Gasteiger partial charge in [0.2, 0.25) is 10.0 Å². The predicted octanol–water partition coefficient (Wildman–Crippen LogP) is 1.59. The third-order valence-corrected chi connectivity index (χ3v) is 4.26. The Hall–Kier alpha value is -0.660. The van der Waals surface area contributed by atoms with Crippen molar-refractivity contribution in [2.45, 2.75) is 26.9 Å². The van der Waals surface area contributed by atoms with Crippen LogP contribution in [0.5, 0.6) is 0 Å². The summed E-state index contributed by atoms with van der Waals surface area (Å²) in [7, 11) is -3.33. The Morgan fingerprint density at radius 1 is 1.50 bits per heavy atom. The minimum absolute atomic E-state index is 0.0636.